The fourth-order valence-electron chi connectivity index (χ4n) is 2.09. The molecule has 3 rings (SSSR count). The van der Waals surface area contributed by atoms with Gasteiger partial charge in [0, 0.05) is 12.4 Å². The van der Waals surface area contributed by atoms with Crippen LogP contribution in [0.2, 0.25) is 0 Å². The van der Waals surface area contributed by atoms with Crippen molar-refractivity contribution >= 4 is 22.5 Å². The second kappa shape index (κ2) is 5.05. The fourth-order valence-corrected chi connectivity index (χ4v) is 2.09. The summed E-state index contributed by atoms with van der Waals surface area (Å²) in [5.74, 6) is -0.175. The van der Waals surface area contributed by atoms with E-state index in [1.54, 1.807) is 24.3 Å². The van der Waals surface area contributed by atoms with Gasteiger partial charge in [-0.3, -0.25) is 20.3 Å². The Morgan fingerprint density at radius 2 is 1.95 bits per heavy atom. The Morgan fingerprint density at radius 1 is 1.15 bits per heavy atom. The number of fused-ring (bicyclic) bond motifs is 1. The topological polar surface area (TPSA) is 61.0 Å². The number of amides is 1. The van der Waals surface area contributed by atoms with Crippen LogP contribution in [0, 0.1) is 0 Å². The molecule has 0 saturated carbocycles. The number of para-hydroxylation sites is 2. The molecule has 0 radical (unpaired) electrons. The Kier molecular flexibility index (Phi) is 3.09. The van der Waals surface area contributed by atoms with Crippen LogP contribution in [0.15, 0.2) is 54.7 Å². The Balaban J connectivity index is 1.85. The van der Waals surface area contributed by atoms with E-state index >= 15 is 0 Å². The Morgan fingerprint density at radius 3 is 2.75 bits per heavy atom. The summed E-state index contributed by atoms with van der Waals surface area (Å²) in [6, 6.07) is 15.2. The molecule has 0 bridgehead atoms. The van der Waals surface area contributed by atoms with Gasteiger partial charge in [0.05, 0.1) is 23.0 Å². The molecule has 1 heterocycles. The molecule has 5 nitrogen and oxygen atoms in total. The molecule has 0 aliphatic heterocycles. The van der Waals surface area contributed by atoms with Gasteiger partial charge in [0.25, 0.3) is 5.91 Å². The van der Waals surface area contributed by atoms with E-state index in [1.165, 1.54) is 0 Å². The summed E-state index contributed by atoms with van der Waals surface area (Å²) in [6.45, 7) is 0. The van der Waals surface area contributed by atoms with Gasteiger partial charge in [0.15, 0.2) is 0 Å². The molecule has 1 amide bonds. The van der Waals surface area contributed by atoms with Gasteiger partial charge in [-0.2, -0.15) is 5.10 Å². The summed E-state index contributed by atoms with van der Waals surface area (Å²) in [4.78, 5) is 12.3. The summed E-state index contributed by atoms with van der Waals surface area (Å²) < 4.78 is 0. The molecule has 2 N–H and O–H groups in total. The summed E-state index contributed by atoms with van der Waals surface area (Å²) in [6.07, 6.45) is 1.70. The summed E-state index contributed by atoms with van der Waals surface area (Å²) >= 11 is 0. The Labute approximate surface area is 116 Å². The van der Waals surface area contributed by atoms with E-state index in [2.05, 4.69) is 15.6 Å². The minimum absolute atomic E-state index is 0.175. The highest BCUT2D eigenvalue weighted by Gasteiger charge is 2.12. The number of aromatic amines is 1. The highest BCUT2D eigenvalue weighted by molar-refractivity contribution is 6.05. The predicted octanol–water partition coefficient (Wildman–Crippen LogP) is 2.34. The van der Waals surface area contributed by atoms with Crippen LogP contribution in [0.5, 0.6) is 0 Å². The van der Waals surface area contributed by atoms with Crippen molar-refractivity contribution in [3.63, 3.8) is 0 Å². The number of carbonyl (C=O) groups excluding carboxylic acids is 1. The highest BCUT2D eigenvalue weighted by Crippen LogP contribution is 2.16. The molecule has 0 atom stereocenters. The highest BCUT2D eigenvalue weighted by atomic mass is 16.2. The second-order valence-electron chi connectivity index (χ2n) is 4.48. The smallest absolute Gasteiger partial charge is 0.271 e. The first-order valence-corrected chi connectivity index (χ1v) is 6.27. The maximum absolute atomic E-state index is 12.3. The van der Waals surface area contributed by atoms with Crippen LogP contribution in [0.25, 0.3) is 10.9 Å². The van der Waals surface area contributed by atoms with Crippen LogP contribution in [0.1, 0.15) is 10.4 Å². The number of benzene rings is 2. The molecule has 2 aromatic carbocycles. The number of nitrogens with zero attached hydrogens (tertiary/aromatic N) is 2. The van der Waals surface area contributed by atoms with E-state index in [4.69, 9.17) is 0 Å². The number of anilines is 1. The van der Waals surface area contributed by atoms with Gasteiger partial charge in [0.2, 0.25) is 0 Å². The zero-order chi connectivity index (χ0) is 13.9. The first kappa shape index (κ1) is 12.2. The first-order chi connectivity index (χ1) is 9.75. The van der Waals surface area contributed by atoms with Crippen LogP contribution in [-0.4, -0.2) is 23.2 Å². The van der Waals surface area contributed by atoms with Gasteiger partial charge in [-0.05, 0) is 18.2 Å². The molecule has 0 unspecified atom stereocenters. The maximum atomic E-state index is 12.3. The van der Waals surface area contributed by atoms with Crippen LogP contribution >= 0.6 is 0 Å². The quantitative estimate of drug-likeness (QED) is 0.715. The number of H-pyrrole nitrogens is 1. The maximum Gasteiger partial charge on any atom is 0.271 e. The summed E-state index contributed by atoms with van der Waals surface area (Å²) in [7, 11) is 1.81. The molecule has 0 aliphatic carbocycles. The summed E-state index contributed by atoms with van der Waals surface area (Å²) in [5, 5.41) is 9.42. The molecule has 0 saturated heterocycles. The van der Waals surface area contributed by atoms with Crippen molar-refractivity contribution in [1.29, 1.82) is 0 Å². The third-order valence-electron chi connectivity index (χ3n) is 3.13. The van der Waals surface area contributed by atoms with Crippen LogP contribution in [0.4, 0.5) is 5.69 Å². The van der Waals surface area contributed by atoms with E-state index in [0.717, 1.165) is 16.6 Å². The van der Waals surface area contributed by atoms with E-state index in [0.29, 0.717) is 5.56 Å². The van der Waals surface area contributed by atoms with Crippen molar-refractivity contribution in [2.75, 3.05) is 12.1 Å². The van der Waals surface area contributed by atoms with E-state index < -0.39 is 0 Å². The van der Waals surface area contributed by atoms with Gasteiger partial charge in [-0.15, -0.1) is 0 Å². The standard InChI is InChI=1S/C15H14N4O/c1-19(12-7-3-2-4-8-12)18-15(20)13-9-5-6-11-10-16-17-14(11)13/h2-10H,1H3,(H,16,17)(H,18,20). The van der Waals surface area contributed by atoms with Gasteiger partial charge in [0.1, 0.15) is 0 Å². The number of carbonyl (C=O) groups is 1. The molecular formula is C15H14N4O. The van der Waals surface area contributed by atoms with Gasteiger partial charge >= 0.3 is 0 Å². The molecule has 5 heteroatoms. The van der Waals surface area contributed by atoms with Crippen LogP contribution in [-0.2, 0) is 0 Å². The second-order valence-corrected chi connectivity index (χ2v) is 4.48. The number of hydrogen-bond donors (Lipinski definition) is 2. The number of hydrazine groups is 1. The van der Waals surface area contributed by atoms with Crippen molar-refractivity contribution in [2.45, 2.75) is 0 Å². The Hall–Kier alpha value is -2.82. The molecule has 0 spiro atoms. The normalized spacial score (nSPS) is 10.4. The molecule has 1 aromatic heterocycles. The van der Waals surface area contributed by atoms with Crippen molar-refractivity contribution in [1.82, 2.24) is 15.6 Å². The number of nitrogens with one attached hydrogen (secondary N) is 2. The molecule has 100 valence electrons. The molecular weight excluding hydrogens is 252 g/mol. The van der Waals surface area contributed by atoms with E-state index in [-0.39, 0.29) is 5.91 Å². The monoisotopic (exact) mass is 266 g/mol. The molecule has 20 heavy (non-hydrogen) atoms. The molecule has 0 fully saturated rings. The lowest BCUT2D eigenvalue weighted by molar-refractivity contribution is 0.0953. The number of aromatic nitrogens is 2. The lowest BCUT2D eigenvalue weighted by Crippen LogP contribution is -2.39. The minimum atomic E-state index is -0.175. The third-order valence-corrected chi connectivity index (χ3v) is 3.13. The zero-order valence-corrected chi connectivity index (χ0v) is 11.0. The third kappa shape index (κ3) is 2.21. The number of hydrogen-bond acceptors (Lipinski definition) is 3. The average Bonchev–Trinajstić information content (AvgIpc) is 2.96. The average molecular weight is 266 g/mol. The van der Waals surface area contributed by atoms with Crippen LogP contribution in [0.3, 0.4) is 0 Å². The molecule has 0 aliphatic rings. The fraction of sp³-hybridized carbons (Fsp3) is 0.0667. The van der Waals surface area contributed by atoms with E-state index in [1.807, 2.05) is 42.5 Å². The van der Waals surface area contributed by atoms with Crippen LogP contribution < -0.4 is 10.4 Å². The lowest BCUT2D eigenvalue weighted by Gasteiger charge is -2.20. The first-order valence-electron chi connectivity index (χ1n) is 6.27. The zero-order valence-electron chi connectivity index (χ0n) is 11.0. The minimum Gasteiger partial charge on any atom is -0.288 e. The van der Waals surface area contributed by atoms with Crippen molar-refractivity contribution in [3.05, 3.63) is 60.3 Å². The summed E-state index contributed by atoms with van der Waals surface area (Å²) in [5.41, 5.74) is 5.07. The lowest BCUT2D eigenvalue weighted by atomic mass is 10.1. The van der Waals surface area contributed by atoms with Crippen molar-refractivity contribution in [2.24, 2.45) is 0 Å². The Bertz CT molecular complexity index is 736. The predicted molar refractivity (Wildman–Crippen MR) is 78.4 cm³/mol. The van der Waals surface area contributed by atoms with Gasteiger partial charge in [-0.25, -0.2) is 0 Å². The number of rotatable bonds is 3. The van der Waals surface area contributed by atoms with Crippen molar-refractivity contribution in [3.8, 4) is 0 Å². The molecule has 3 aromatic rings. The van der Waals surface area contributed by atoms with Gasteiger partial charge < -0.3 is 0 Å². The van der Waals surface area contributed by atoms with Crippen molar-refractivity contribution < 1.29 is 4.79 Å². The largest absolute Gasteiger partial charge is 0.288 e. The SMILES string of the molecule is CN(NC(=O)c1cccc2cn[nH]c12)c1ccccc1. The van der Waals surface area contributed by atoms with Gasteiger partial charge in [-0.1, -0.05) is 30.3 Å². The van der Waals surface area contributed by atoms with E-state index in [9.17, 15) is 4.79 Å².